The summed E-state index contributed by atoms with van der Waals surface area (Å²) in [4.78, 5) is 2.61. The third-order valence-electron chi connectivity index (χ3n) is 3.46. The summed E-state index contributed by atoms with van der Waals surface area (Å²) in [6.45, 7) is 7.04. The summed E-state index contributed by atoms with van der Waals surface area (Å²) >= 11 is 0. The molecule has 1 heterocycles. The Morgan fingerprint density at radius 3 is 2.93 bits per heavy atom. The van der Waals surface area contributed by atoms with Crippen LogP contribution in [0.2, 0.25) is 0 Å². The minimum Gasteiger partial charge on any atom is -0.300 e. The summed E-state index contributed by atoms with van der Waals surface area (Å²) in [7, 11) is 0. The monoisotopic (exact) mass is 203 g/mol. The fourth-order valence-electron chi connectivity index (χ4n) is 2.47. The standard InChI is InChI=1S/C14H21N/c1-12-5-3-7-14(11-12)8-10-15-9-4-6-13(15)2/h3,5,7,11,13H,4,6,8-10H2,1-2H3. The van der Waals surface area contributed by atoms with E-state index in [1.807, 2.05) is 0 Å². The Balaban J connectivity index is 1.87. The van der Waals surface area contributed by atoms with Crippen molar-refractivity contribution in [3.63, 3.8) is 0 Å². The molecule has 82 valence electrons. The Morgan fingerprint density at radius 2 is 2.27 bits per heavy atom. The highest BCUT2D eigenvalue weighted by Gasteiger charge is 2.19. The topological polar surface area (TPSA) is 3.24 Å². The van der Waals surface area contributed by atoms with Crippen molar-refractivity contribution in [3.05, 3.63) is 35.4 Å². The molecule has 1 aromatic carbocycles. The van der Waals surface area contributed by atoms with Crippen molar-refractivity contribution in [2.24, 2.45) is 0 Å². The lowest BCUT2D eigenvalue weighted by molar-refractivity contribution is 0.272. The molecule has 1 aliphatic heterocycles. The number of hydrogen-bond donors (Lipinski definition) is 0. The molecule has 1 fully saturated rings. The van der Waals surface area contributed by atoms with Crippen LogP contribution in [0.15, 0.2) is 24.3 Å². The molecule has 0 amide bonds. The molecule has 0 saturated carbocycles. The van der Waals surface area contributed by atoms with E-state index in [2.05, 4.69) is 43.0 Å². The quantitative estimate of drug-likeness (QED) is 0.730. The molecular formula is C14H21N. The molecule has 0 aliphatic carbocycles. The molecular weight excluding hydrogens is 182 g/mol. The van der Waals surface area contributed by atoms with Gasteiger partial charge in [-0.05, 0) is 45.2 Å². The zero-order chi connectivity index (χ0) is 10.7. The number of hydrogen-bond acceptors (Lipinski definition) is 1. The van der Waals surface area contributed by atoms with Gasteiger partial charge < -0.3 is 4.90 Å². The van der Waals surface area contributed by atoms with Gasteiger partial charge >= 0.3 is 0 Å². The molecule has 0 radical (unpaired) electrons. The maximum absolute atomic E-state index is 2.61. The maximum Gasteiger partial charge on any atom is 0.00675 e. The van der Waals surface area contributed by atoms with Crippen molar-refractivity contribution in [1.82, 2.24) is 4.90 Å². The van der Waals surface area contributed by atoms with Gasteiger partial charge in [0.15, 0.2) is 0 Å². The third kappa shape index (κ3) is 2.82. The molecule has 1 saturated heterocycles. The first-order valence-corrected chi connectivity index (χ1v) is 6.05. The van der Waals surface area contributed by atoms with Crippen molar-refractivity contribution in [2.75, 3.05) is 13.1 Å². The van der Waals surface area contributed by atoms with E-state index in [9.17, 15) is 0 Å². The van der Waals surface area contributed by atoms with E-state index >= 15 is 0 Å². The zero-order valence-corrected chi connectivity index (χ0v) is 9.87. The summed E-state index contributed by atoms with van der Waals surface area (Å²) < 4.78 is 0. The predicted molar refractivity (Wildman–Crippen MR) is 65.2 cm³/mol. The van der Waals surface area contributed by atoms with Crippen LogP contribution in [0.1, 0.15) is 30.9 Å². The second-order valence-corrected chi connectivity index (χ2v) is 4.77. The van der Waals surface area contributed by atoms with Crippen molar-refractivity contribution < 1.29 is 0 Å². The number of likely N-dealkylation sites (tertiary alicyclic amines) is 1. The fourth-order valence-corrected chi connectivity index (χ4v) is 2.47. The van der Waals surface area contributed by atoms with Gasteiger partial charge in [0.25, 0.3) is 0 Å². The summed E-state index contributed by atoms with van der Waals surface area (Å²) in [6, 6.07) is 9.68. The highest BCUT2D eigenvalue weighted by Crippen LogP contribution is 2.16. The summed E-state index contributed by atoms with van der Waals surface area (Å²) in [5, 5.41) is 0. The van der Waals surface area contributed by atoms with E-state index in [1.54, 1.807) is 0 Å². The number of benzene rings is 1. The van der Waals surface area contributed by atoms with Crippen LogP contribution >= 0.6 is 0 Å². The van der Waals surface area contributed by atoms with E-state index < -0.39 is 0 Å². The van der Waals surface area contributed by atoms with Gasteiger partial charge in [-0.3, -0.25) is 0 Å². The van der Waals surface area contributed by atoms with Crippen LogP contribution in [0.3, 0.4) is 0 Å². The molecule has 0 aromatic heterocycles. The Kier molecular flexibility index (Phi) is 3.42. The number of aryl methyl sites for hydroxylation is 1. The number of rotatable bonds is 3. The maximum atomic E-state index is 2.61. The molecule has 1 atom stereocenters. The first-order chi connectivity index (χ1) is 7.25. The van der Waals surface area contributed by atoms with Crippen LogP contribution in [0.4, 0.5) is 0 Å². The molecule has 1 aromatic rings. The van der Waals surface area contributed by atoms with E-state index in [1.165, 1.54) is 43.5 Å². The molecule has 0 spiro atoms. The number of nitrogens with zero attached hydrogens (tertiary/aromatic N) is 1. The molecule has 1 nitrogen and oxygen atoms in total. The van der Waals surface area contributed by atoms with Crippen LogP contribution in [0.25, 0.3) is 0 Å². The summed E-state index contributed by atoms with van der Waals surface area (Å²) in [6.07, 6.45) is 3.97. The SMILES string of the molecule is Cc1cccc(CCN2CCCC2C)c1. The second-order valence-electron chi connectivity index (χ2n) is 4.77. The zero-order valence-electron chi connectivity index (χ0n) is 9.87. The largest absolute Gasteiger partial charge is 0.300 e. The average Bonchev–Trinajstić information content (AvgIpc) is 2.61. The predicted octanol–water partition coefficient (Wildman–Crippen LogP) is 3.02. The first kappa shape index (κ1) is 10.7. The molecule has 0 N–H and O–H groups in total. The van der Waals surface area contributed by atoms with E-state index in [0.717, 1.165) is 6.04 Å². The second kappa shape index (κ2) is 4.80. The summed E-state index contributed by atoms with van der Waals surface area (Å²) in [5.74, 6) is 0. The molecule has 1 heteroatoms. The molecule has 15 heavy (non-hydrogen) atoms. The van der Waals surface area contributed by atoms with Crippen LogP contribution in [0.5, 0.6) is 0 Å². The van der Waals surface area contributed by atoms with Crippen LogP contribution in [-0.4, -0.2) is 24.0 Å². The van der Waals surface area contributed by atoms with Gasteiger partial charge in [-0.1, -0.05) is 29.8 Å². The normalized spacial score (nSPS) is 22.1. The van der Waals surface area contributed by atoms with E-state index in [0.29, 0.717) is 0 Å². The van der Waals surface area contributed by atoms with Crippen molar-refractivity contribution in [2.45, 2.75) is 39.2 Å². The Morgan fingerprint density at radius 1 is 1.40 bits per heavy atom. The third-order valence-corrected chi connectivity index (χ3v) is 3.46. The van der Waals surface area contributed by atoms with Crippen LogP contribution in [0, 0.1) is 6.92 Å². The van der Waals surface area contributed by atoms with Gasteiger partial charge in [-0.15, -0.1) is 0 Å². The lowest BCUT2D eigenvalue weighted by Crippen LogP contribution is -2.28. The Hall–Kier alpha value is -0.820. The lowest BCUT2D eigenvalue weighted by atomic mass is 10.1. The van der Waals surface area contributed by atoms with Gasteiger partial charge in [0.2, 0.25) is 0 Å². The van der Waals surface area contributed by atoms with E-state index in [-0.39, 0.29) is 0 Å². The highest BCUT2D eigenvalue weighted by molar-refractivity contribution is 5.22. The first-order valence-electron chi connectivity index (χ1n) is 6.05. The van der Waals surface area contributed by atoms with Crippen molar-refractivity contribution in [3.8, 4) is 0 Å². The molecule has 1 aliphatic rings. The van der Waals surface area contributed by atoms with Gasteiger partial charge in [0.1, 0.15) is 0 Å². The lowest BCUT2D eigenvalue weighted by Gasteiger charge is -2.20. The van der Waals surface area contributed by atoms with Gasteiger partial charge in [-0.25, -0.2) is 0 Å². The Bertz CT molecular complexity index is 319. The van der Waals surface area contributed by atoms with Crippen molar-refractivity contribution >= 4 is 0 Å². The van der Waals surface area contributed by atoms with Gasteiger partial charge in [0, 0.05) is 12.6 Å². The molecule has 2 rings (SSSR count). The highest BCUT2D eigenvalue weighted by atomic mass is 15.2. The van der Waals surface area contributed by atoms with Crippen LogP contribution < -0.4 is 0 Å². The van der Waals surface area contributed by atoms with Crippen LogP contribution in [-0.2, 0) is 6.42 Å². The van der Waals surface area contributed by atoms with E-state index in [4.69, 9.17) is 0 Å². The van der Waals surface area contributed by atoms with Gasteiger partial charge in [0.05, 0.1) is 0 Å². The minimum absolute atomic E-state index is 0.801. The molecule has 0 bridgehead atoms. The average molecular weight is 203 g/mol. The minimum atomic E-state index is 0.801. The van der Waals surface area contributed by atoms with Crippen molar-refractivity contribution in [1.29, 1.82) is 0 Å². The van der Waals surface area contributed by atoms with Gasteiger partial charge in [-0.2, -0.15) is 0 Å². The Labute approximate surface area is 93.1 Å². The smallest absolute Gasteiger partial charge is 0.00675 e. The molecule has 1 unspecified atom stereocenters. The fraction of sp³-hybridized carbons (Fsp3) is 0.571. The summed E-state index contributed by atoms with van der Waals surface area (Å²) in [5.41, 5.74) is 2.86.